The molecular formula is C17H23N3O2. The van der Waals surface area contributed by atoms with Gasteiger partial charge in [0.2, 0.25) is 5.91 Å². The number of benzene rings is 1. The Kier molecular flexibility index (Phi) is 5.58. The highest BCUT2D eigenvalue weighted by atomic mass is 16.2. The van der Waals surface area contributed by atoms with Gasteiger partial charge in [-0.2, -0.15) is 0 Å². The third-order valence-corrected chi connectivity index (χ3v) is 3.87. The summed E-state index contributed by atoms with van der Waals surface area (Å²) in [6.07, 6.45) is 3.33. The van der Waals surface area contributed by atoms with Gasteiger partial charge in [0.1, 0.15) is 0 Å². The molecular weight excluding hydrogens is 278 g/mol. The number of fused-ring (bicyclic) bond motifs is 1. The normalized spacial score (nSPS) is 14.1. The summed E-state index contributed by atoms with van der Waals surface area (Å²) in [6, 6.07) is 7.77. The molecule has 0 bridgehead atoms. The molecule has 118 valence electrons. The third kappa shape index (κ3) is 4.10. The molecule has 1 atom stereocenters. The van der Waals surface area contributed by atoms with Gasteiger partial charge in [0, 0.05) is 19.1 Å². The lowest BCUT2D eigenvalue weighted by atomic mass is 10.1. The van der Waals surface area contributed by atoms with Crippen LogP contribution in [0.3, 0.4) is 0 Å². The summed E-state index contributed by atoms with van der Waals surface area (Å²) in [5.74, 6) is -0.0666. The monoisotopic (exact) mass is 301 g/mol. The van der Waals surface area contributed by atoms with E-state index in [1.54, 1.807) is 11.0 Å². The number of carbonyl (C=O) groups excluding carboxylic acids is 2. The molecule has 22 heavy (non-hydrogen) atoms. The summed E-state index contributed by atoms with van der Waals surface area (Å²) in [4.78, 5) is 25.7. The summed E-state index contributed by atoms with van der Waals surface area (Å²) in [5, 5.41) is 5.47. The molecule has 0 saturated carbocycles. The Morgan fingerprint density at radius 1 is 1.32 bits per heavy atom. The molecule has 1 aromatic rings. The van der Waals surface area contributed by atoms with E-state index in [2.05, 4.69) is 17.2 Å². The molecule has 1 aliphatic heterocycles. The Bertz CT molecular complexity index is 532. The first-order valence-electron chi connectivity index (χ1n) is 7.63. The number of nitrogens with one attached hydrogen (secondary N) is 2. The summed E-state index contributed by atoms with van der Waals surface area (Å²) in [5.41, 5.74) is 2.36. The predicted octanol–water partition coefficient (Wildman–Crippen LogP) is 2.18. The first-order valence-corrected chi connectivity index (χ1v) is 7.63. The van der Waals surface area contributed by atoms with Crippen LogP contribution in [-0.2, 0) is 17.9 Å². The largest absolute Gasteiger partial charge is 0.335 e. The van der Waals surface area contributed by atoms with Crippen LogP contribution in [0.5, 0.6) is 0 Å². The molecule has 3 amide bonds. The van der Waals surface area contributed by atoms with E-state index >= 15 is 0 Å². The number of urea groups is 1. The highest BCUT2D eigenvalue weighted by molar-refractivity contribution is 5.84. The van der Waals surface area contributed by atoms with Crippen molar-refractivity contribution >= 4 is 11.9 Å². The minimum Gasteiger partial charge on any atom is -0.335 e. The van der Waals surface area contributed by atoms with E-state index in [0.717, 1.165) is 12.8 Å². The molecule has 0 saturated heterocycles. The van der Waals surface area contributed by atoms with Crippen LogP contribution < -0.4 is 10.6 Å². The van der Waals surface area contributed by atoms with E-state index in [9.17, 15) is 9.59 Å². The van der Waals surface area contributed by atoms with Crippen molar-refractivity contribution in [2.24, 2.45) is 0 Å². The van der Waals surface area contributed by atoms with Crippen LogP contribution in [0.25, 0.3) is 0 Å². The quantitative estimate of drug-likeness (QED) is 0.791. The molecule has 0 spiro atoms. The van der Waals surface area contributed by atoms with Crippen LogP contribution in [0.2, 0.25) is 0 Å². The zero-order valence-electron chi connectivity index (χ0n) is 13.0. The maximum atomic E-state index is 12.2. The number of nitrogens with zero attached hydrogens (tertiary/aromatic N) is 1. The van der Waals surface area contributed by atoms with E-state index in [-0.39, 0.29) is 24.5 Å². The van der Waals surface area contributed by atoms with Crippen molar-refractivity contribution in [1.82, 2.24) is 15.5 Å². The van der Waals surface area contributed by atoms with Gasteiger partial charge in [-0.25, -0.2) is 4.79 Å². The summed E-state index contributed by atoms with van der Waals surface area (Å²) < 4.78 is 0. The van der Waals surface area contributed by atoms with Gasteiger partial charge >= 0.3 is 6.03 Å². The molecule has 0 fully saturated rings. The van der Waals surface area contributed by atoms with E-state index in [1.165, 1.54) is 11.1 Å². The number of amides is 3. The predicted molar refractivity (Wildman–Crippen MR) is 86.1 cm³/mol. The maximum absolute atomic E-state index is 12.2. The van der Waals surface area contributed by atoms with Gasteiger partial charge in [0.25, 0.3) is 0 Å². The average Bonchev–Trinajstić information content (AvgIpc) is 2.96. The van der Waals surface area contributed by atoms with Crippen LogP contribution in [0.1, 0.15) is 30.9 Å². The molecule has 0 unspecified atom stereocenters. The molecule has 5 heteroatoms. The van der Waals surface area contributed by atoms with Gasteiger partial charge in [0.15, 0.2) is 0 Å². The van der Waals surface area contributed by atoms with Crippen LogP contribution in [-0.4, -0.2) is 29.4 Å². The molecule has 0 aromatic heterocycles. The Morgan fingerprint density at radius 3 is 2.50 bits per heavy atom. The Balaban J connectivity index is 1.77. The topological polar surface area (TPSA) is 61.4 Å². The number of carbonyl (C=O) groups is 2. The zero-order chi connectivity index (χ0) is 15.9. The smallest absolute Gasteiger partial charge is 0.315 e. The fourth-order valence-electron chi connectivity index (χ4n) is 2.54. The van der Waals surface area contributed by atoms with E-state index in [4.69, 9.17) is 0 Å². The van der Waals surface area contributed by atoms with Crippen LogP contribution in [0.15, 0.2) is 36.9 Å². The van der Waals surface area contributed by atoms with Gasteiger partial charge < -0.3 is 15.5 Å². The van der Waals surface area contributed by atoms with Gasteiger partial charge in [-0.1, -0.05) is 37.3 Å². The molecule has 1 aliphatic rings. The Labute approximate surface area is 131 Å². The lowest BCUT2D eigenvalue weighted by molar-refractivity contribution is -0.130. The molecule has 0 radical (unpaired) electrons. The molecule has 1 heterocycles. The summed E-state index contributed by atoms with van der Waals surface area (Å²) >= 11 is 0. The second-order valence-electron chi connectivity index (χ2n) is 5.48. The molecule has 2 N–H and O–H groups in total. The van der Waals surface area contributed by atoms with Crippen LogP contribution >= 0.6 is 0 Å². The van der Waals surface area contributed by atoms with Crippen molar-refractivity contribution in [3.63, 3.8) is 0 Å². The van der Waals surface area contributed by atoms with Gasteiger partial charge in [-0.15, -0.1) is 6.58 Å². The first kappa shape index (κ1) is 16.1. The van der Waals surface area contributed by atoms with Crippen molar-refractivity contribution in [2.75, 3.05) is 6.54 Å². The van der Waals surface area contributed by atoms with Gasteiger partial charge in [-0.05, 0) is 24.0 Å². The van der Waals surface area contributed by atoms with E-state index in [1.807, 2.05) is 31.2 Å². The Hall–Kier alpha value is -2.30. The number of rotatable bonds is 6. The highest BCUT2D eigenvalue weighted by Crippen LogP contribution is 2.21. The fraction of sp³-hybridized carbons (Fsp3) is 0.412. The molecule has 0 aliphatic carbocycles. The average molecular weight is 301 g/mol. The van der Waals surface area contributed by atoms with Crippen molar-refractivity contribution in [3.8, 4) is 0 Å². The maximum Gasteiger partial charge on any atom is 0.315 e. The van der Waals surface area contributed by atoms with Crippen molar-refractivity contribution in [1.29, 1.82) is 0 Å². The van der Waals surface area contributed by atoms with Crippen LogP contribution in [0, 0.1) is 0 Å². The van der Waals surface area contributed by atoms with E-state index in [0.29, 0.717) is 13.1 Å². The summed E-state index contributed by atoms with van der Waals surface area (Å²) in [7, 11) is 0. The van der Waals surface area contributed by atoms with Crippen molar-refractivity contribution < 1.29 is 9.59 Å². The number of hydrogen-bond donors (Lipinski definition) is 2. The van der Waals surface area contributed by atoms with Crippen LogP contribution in [0.4, 0.5) is 4.79 Å². The fourth-order valence-corrected chi connectivity index (χ4v) is 2.54. The molecule has 1 aromatic carbocycles. The lowest BCUT2D eigenvalue weighted by Crippen LogP contribution is -2.45. The third-order valence-electron chi connectivity index (χ3n) is 3.87. The van der Waals surface area contributed by atoms with Gasteiger partial charge in [0.05, 0.1) is 6.54 Å². The minimum atomic E-state index is -0.307. The second-order valence-corrected chi connectivity index (χ2v) is 5.48. The van der Waals surface area contributed by atoms with E-state index < -0.39 is 0 Å². The Morgan fingerprint density at radius 2 is 1.95 bits per heavy atom. The SMILES string of the molecule is C=CC[C@H](CC)NC(=O)NCC(=O)N1Cc2ccccc2C1. The van der Waals surface area contributed by atoms with Crippen molar-refractivity contribution in [2.45, 2.75) is 38.9 Å². The standard InChI is InChI=1S/C17H23N3O2/c1-3-7-15(4-2)19-17(22)18-10-16(21)20-11-13-8-5-6-9-14(13)12-20/h3,5-6,8-9,15H,1,4,7,10-12H2,2H3,(H2,18,19,22)/t15-/m0/s1. The second kappa shape index (κ2) is 7.64. The molecule has 5 nitrogen and oxygen atoms in total. The zero-order valence-corrected chi connectivity index (χ0v) is 13.0. The lowest BCUT2D eigenvalue weighted by Gasteiger charge is -2.18. The summed E-state index contributed by atoms with van der Waals surface area (Å²) in [6.45, 7) is 6.92. The van der Waals surface area contributed by atoms with Crippen molar-refractivity contribution in [3.05, 3.63) is 48.0 Å². The number of hydrogen-bond acceptors (Lipinski definition) is 2. The minimum absolute atomic E-state index is 0.0182. The van der Waals surface area contributed by atoms with Gasteiger partial charge in [-0.3, -0.25) is 4.79 Å². The first-order chi connectivity index (χ1) is 10.6. The molecule has 2 rings (SSSR count). The highest BCUT2D eigenvalue weighted by Gasteiger charge is 2.23.